The van der Waals surface area contributed by atoms with Crippen LogP contribution >= 0.6 is 47.0 Å². The highest BCUT2D eigenvalue weighted by Crippen LogP contribution is 2.34. The lowest BCUT2D eigenvalue weighted by molar-refractivity contribution is -0.384. The van der Waals surface area contributed by atoms with Crippen molar-refractivity contribution in [2.24, 2.45) is 0 Å². The summed E-state index contributed by atoms with van der Waals surface area (Å²) in [6.45, 7) is 0. The monoisotopic (exact) mass is 419 g/mol. The highest BCUT2D eigenvalue weighted by atomic mass is 35.5. The van der Waals surface area contributed by atoms with Crippen molar-refractivity contribution < 1.29 is 14.8 Å². The Morgan fingerprint density at radius 2 is 1.72 bits per heavy atom. The highest BCUT2D eigenvalue weighted by molar-refractivity contribution is 7.80. The van der Waals surface area contributed by atoms with Crippen LogP contribution in [0.4, 0.5) is 11.4 Å². The largest absolute Gasteiger partial charge is 0.505 e. The molecule has 0 bridgehead atoms. The van der Waals surface area contributed by atoms with Gasteiger partial charge in [0.15, 0.2) is 10.9 Å². The third-order valence-corrected chi connectivity index (χ3v) is 4.02. The summed E-state index contributed by atoms with van der Waals surface area (Å²) in [6.07, 6.45) is 0. The van der Waals surface area contributed by atoms with E-state index in [4.69, 9.17) is 47.0 Å². The highest BCUT2D eigenvalue weighted by Gasteiger charge is 2.17. The number of benzene rings is 2. The molecule has 25 heavy (non-hydrogen) atoms. The number of aromatic hydroxyl groups is 1. The fourth-order valence-electron chi connectivity index (χ4n) is 1.77. The standard InChI is InChI=1S/C14H8Cl3N3O4S/c15-9-2-1-7(20(23)24)5-8(9)13(22)19-14(25)18-6-3-10(16)12(21)11(17)4-6/h1-5,21H,(H2,18,19,22,25). The molecule has 11 heteroatoms. The van der Waals surface area contributed by atoms with Crippen LogP contribution in [0.3, 0.4) is 0 Å². The number of phenols is 1. The number of carbonyl (C=O) groups is 1. The number of halogens is 3. The van der Waals surface area contributed by atoms with Gasteiger partial charge in [0.05, 0.1) is 25.6 Å². The normalized spacial score (nSPS) is 10.2. The number of rotatable bonds is 3. The molecule has 0 aliphatic carbocycles. The van der Waals surface area contributed by atoms with Crippen LogP contribution in [0.2, 0.25) is 15.1 Å². The van der Waals surface area contributed by atoms with Crippen LogP contribution in [0.1, 0.15) is 10.4 Å². The second kappa shape index (κ2) is 7.83. The van der Waals surface area contributed by atoms with Crippen molar-refractivity contribution >= 4 is 69.4 Å². The van der Waals surface area contributed by atoms with E-state index in [2.05, 4.69) is 10.6 Å². The molecule has 7 nitrogen and oxygen atoms in total. The van der Waals surface area contributed by atoms with E-state index in [1.165, 1.54) is 24.3 Å². The van der Waals surface area contributed by atoms with Gasteiger partial charge >= 0.3 is 0 Å². The number of hydrogen-bond donors (Lipinski definition) is 3. The molecule has 0 aliphatic rings. The number of amides is 1. The maximum atomic E-state index is 12.2. The van der Waals surface area contributed by atoms with Crippen molar-refractivity contribution in [1.82, 2.24) is 5.32 Å². The van der Waals surface area contributed by atoms with E-state index in [9.17, 15) is 20.0 Å². The zero-order valence-corrected chi connectivity index (χ0v) is 15.1. The Labute approximate surface area is 161 Å². The molecule has 0 saturated heterocycles. The zero-order chi connectivity index (χ0) is 18.7. The number of hydrogen-bond acceptors (Lipinski definition) is 5. The Hall–Kier alpha value is -2.13. The summed E-state index contributed by atoms with van der Waals surface area (Å²) in [4.78, 5) is 22.3. The molecule has 0 radical (unpaired) electrons. The molecule has 3 N–H and O–H groups in total. The van der Waals surface area contributed by atoms with Gasteiger partial charge in [-0.2, -0.15) is 0 Å². The van der Waals surface area contributed by atoms with Gasteiger partial charge in [0.25, 0.3) is 11.6 Å². The van der Waals surface area contributed by atoms with Gasteiger partial charge in [-0.3, -0.25) is 20.2 Å². The van der Waals surface area contributed by atoms with Crippen LogP contribution in [0.15, 0.2) is 30.3 Å². The number of thiocarbonyl (C=S) groups is 1. The minimum absolute atomic E-state index is 0.00847. The maximum absolute atomic E-state index is 12.2. The van der Waals surface area contributed by atoms with E-state index in [0.717, 1.165) is 6.07 Å². The van der Waals surface area contributed by atoms with Crippen LogP contribution in [-0.4, -0.2) is 21.0 Å². The molecular weight excluding hydrogens is 413 g/mol. The topological polar surface area (TPSA) is 104 Å². The lowest BCUT2D eigenvalue weighted by Gasteiger charge is -2.11. The van der Waals surface area contributed by atoms with Crippen molar-refractivity contribution in [3.05, 3.63) is 61.1 Å². The van der Waals surface area contributed by atoms with E-state index in [0.29, 0.717) is 5.69 Å². The summed E-state index contributed by atoms with van der Waals surface area (Å²) in [5.41, 5.74) is -0.0736. The summed E-state index contributed by atoms with van der Waals surface area (Å²) < 4.78 is 0. The number of carbonyl (C=O) groups excluding carboxylic acids is 1. The molecule has 2 aromatic rings. The number of nitrogens with zero attached hydrogens (tertiary/aromatic N) is 1. The molecule has 2 aromatic carbocycles. The van der Waals surface area contributed by atoms with Gasteiger partial charge in [0, 0.05) is 17.8 Å². The second-order valence-corrected chi connectivity index (χ2v) is 6.25. The smallest absolute Gasteiger partial charge is 0.270 e. The van der Waals surface area contributed by atoms with Crippen LogP contribution in [0.5, 0.6) is 5.75 Å². The van der Waals surface area contributed by atoms with Crippen molar-refractivity contribution in [3.8, 4) is 5.75 Å². The predicted octanol–water partition coefficient (Wildman–Crippen LogP) is 4.39. The molecule has 0 atom stereocenters. The number of nitro benzene ring substituents is 1. The van der Waals surface area contributed by atoms with Crippen molar-refractivity contribution in [2.45, 2.75) is 0 Å². The molecule has 0 aliphatic heterocycles. The Morgan fingerprint density at radius 3 is 2.28 bits per heavy atom. The van der Waals surface area contributed by atoms with Crippen LogP contribution in [-0.2, 0) is 0 Å². The number of phenolic OH excluding ortho intramolecular Hbond substituents is 1. The fraction of sp³-hybridized carbons (Fsp3) is 0. The summed E-state index contributed by atoms with van der Waals surface area (Å²) in [5.74, 6) is -1.02. The first kappa shape index (κ1) is 19.2. The Morgan fingerprint density at radius 1 is 1.12 bits per heavy atom. The third kappa shape index (κ3) is 4.70. The Balaban J connectivity index is 2.14. The van der Waals surface area contributed by atoms with Gasteiger partial charge in [0.1, 0.15) is 0 Å². The number of nitrogens with one attached hydrogen (secondary N) is 2. The first-order valence-corrected chi connectivity index (χ1v) is 7.97. The molecule has 0 fully saturated rings. The van der Waals surface area contributed by atoms with Crippen LogP contribution < -0.4 is 10.6 Å². The van der Waals surface area contributed by atoms with Gasteiger partial charge in [-0.05, 0) is 30.4 Å². The SMILES string of the molecule is O=C(NC(=S)Nc1cc(Cl)c(O)c(Cl)c1)c1cc([N+](=O)[O-])ccc1Cl. The van der Waals surface area contributed by atoms with Gasteiger partial charge < -0.3 is 10.4 Å². The summed E-state index contributed by atoms with van der Waals surface area (Å²) in [7, 11) is 0. The Kier molecular flexibility index (Phi) is 6.02. The molecule has 2 rings (SSSR count). The van der Waals surface area contributed by atoms with Crippen molar-refractivity contribution in [3.63, 3.8) is 0 Å². The summed E-state index contributed by atoms with van der Waals surface area (Å²) in [6, 6.07) is 6.15. The molecule has 0 aromatic heterocycles. The lowest BCUT2D eigenvalue weighted by atomic mass is 10.2. The minimum atomic E-state index is -0.734. The molecule has 0 saturated carbocycles. The van der Waals surface area contributed by atoms with Gasteiger partial charge in [-0.1, -0.05) is 34.8 Å². The van der Waals surface area contributed by atoms with E-state index >= 15 is 0 Å². The van der Waals surface area contributed by atoms with Gasteiger partial charge in [0.2, 0.25) is 0 Å². The van der Waals surface area contributed by atoms with Crippen molar-refractivity contribution in [1.29, 1.82) is 0 Å². The number of anilines is 1. The molecular formula is C14H8Cl3N3O4S. The molecule has 0 spiro atoms. The first-order valence-electron chi connectivity index (χ1n) is 6.43. The molecule has 1 amide bonds. The zero-order valence-electron chi connectivity index (χ0n) is 12.0. The maximum Gasteiger partial charge on any atom is 0.270 e. The third-order valence-electron chi connectivity index (χ3n) is 2.91. The minimum Gasteiger partial charge on any atom is -0.505 e. The average Bonchev–Trinajstić information content (AvgIpc) is 2.52. The summed E-state index contributed by atoms with van der Waals surface area (Å²) in [5, 5.41) is 25.2. The van der Waals surface area contributed by atoms with Crippen molar-refractivity contribution in [2.75, 3.05) is 5.32 Å². The van der Waals surface area contributed by atoms with Crippen LogP contribution in [0, 0.1) is 10.1 Å². The predicted molar refractivity (Wildman–Crippen MR) is 99.9 cm³/mol. The molecule has 0 unspecified atom stereocenters. The van der Waals surface area contributed by atoms with Gasteiger partial charge in [-0.25, -0.2) is 0 Å². The average molecular weight is 421 g/mol. The Bertz CT molecular complexity index is 869. The fourth-order valence-corrected chi connectivity index (χ4v) is 2.67. The lowest BCUT2D eigenvalue weighted by Crippen LogP contribution is -2.34. The second-order valence-electron chi connectivity index (χ2n) is 4.62. The first-order chi connectivity index (χ1) is 11.7. The molecule has 130 valence electrons. The van der Waals surface area contributed by atoms with E-state index < -0.39 is 10.8 Å². The van der Waals surface area contributed by atoms with E-state index in [1.807, 2.05) is 0 Å². The van der Waals surface area contributed by atoms with Crippen LogP contribution in [0.25, 0.3) is 0 Å². The van der Waals surface area contributed by atoms with Gasteiger partial charge in [-0.15, -0.1) is 0 Å². The number of nitro groups is 1. The summed E-state index contributed by atoms with van der Waals surface area (Å²) >= 11 is 22.5. The quantitative estimate of drug-likeness (QED) is 0.294. The van der Waals surface area contributed by atoms with E-state index in [-0.39, 0.29) is 37.2 Å². The molecule has 0 heterocycles. The number of non-ortho nitro benzene ring substituents is 1. The van der Waals surface area contributed by atoms with E-state index in [1.54, 1.807) is 0 Å².